The predicted octanol–water partition coefficient (Wildman–Crippen LogP) is 3.73. The van der Waals surface area contributed by atoms with Gasteiger partial charge in [-0.25, -0.2) is 4.79 Å². The van der Waals surface area contributed by atoms with Gasteiger partial charge in [0.2, 0.25) is 0 Å². The Morgan fingerprint density at radius 3 is 2.25 bits per heavy atom. The van der Waals surface area contributed by atoms with Gasteiger partial charge < -0.3 is 24.5 Å². The molecule has 0 bridgehead atoms. The zero-order valence-electron chi connectivity index (χ0n) is 14.7. The molecular formula is C18H24N2O4. The molecule has 0 aliphatic rings. The van der Waals surface area contributed by atoms with Crippen molar-refractivity contribution in [3.8, 4) is 11.5 Å². The largest absolute Gasteiger partial charge is 0.493 e. The Balaban J connectivity index is 1.98. The quantitative estimate of drug-likeness (QED) is 0.845. The van der Waals surface area contributed by atoms with Gasteiger partial charge in [0.05, 0.1) is 26.3 Å². The van der Waals surface area contributed by atoms with Crippen LogP contribution >= 0.6 is 0 Å². The summed E-state index contributed by atoms with van der Waals surface area (Å²) < 4.78 is 16.0. The normalized spacial score (nSPS) is 13.0. The van der Waals surface area contributed by atoms with E-state index in [2.05, 4.69) is 10.6 Å². The van der Waals surface area contributed by atoms with Gasteiger partial charge >= 0.3 is 6.03 Å². The van der Waals surface area contributed by atoms with Crippen LogP contribution in [0, 0.1) is 6.92 Å². The minimum Gasteiger partial charge on any atom is -0.493 e. The Labute approximate surface area is 142 Å². The SMILES string of the molecule is COc1ccc(C(C)NC(=O)NC(C)c2ccc(C)o2)cc1OC. The van der Waals surface area contributed by atoms with Crippen LogP contribution in [0.2, 0.25) is 0 Å². The van der Waals surface area contributed by atoms with E-state index < -0.39 is 0 Å². The second-order valence-electron chi connectivity index (χ2n) is 5.62. The number of methoxy groups -OCH3 is 2. The number of urea groups is 1. The first kappa shape index (κ1) is 17.7. The third-order valence-corrected chi connectivity index (χ3v) is 3.79. The minimum atomic E-state index is -0.265. The molecule has 2 rings (SSSR count). The third-order valence-electron chi connectivity index (χ3n) is 3.79. The van der Waals surface area contributed by atoms with Crippen LogP contribution in [-0.2, 0) is 0 Å². The summed E-state index contributed by atoms with van der Waals surface area (Å²) in [7, 11) is 3.17. The molecular weight excluding hydrogens is 308 g/mol. The van der Waals surface area contributed by atoms with Gasteiger partial charge in [-0.05, 0) is 50.6 Å². The van der Waals surface area contributed by atoms with Crippen molar-refractivity contribution in [3.05, 3.63) is 47.4 Å². The number of hydrogen-bond donors (Lipinski definition) is 2. The summed E-state index contributed by atoms with van der Waals surface area (Å²) in [4.78, 5) is 12.2. The Morgan fingerprint density at radius 2 is 1.67 bits per heavy atom. The van der Waals surface area contributed by atoms with Crippen molar-refractivity contribution < 1.29 is 18.7 Å². The molecule has 2 unspecified atom stereocenters. The first-order valence-electron chi connectivity index (χ1n) is 7.80. The number of nitrogens with one attached hydrogen (secondary N) is 2. The first-order valence-corrected chi connectivity index (χ1v) is 7.80. The van der Waals surface area contributed by atoms with Crippen LogP contribution in [0.5, 0.6) is 11.5 Å². The topological polar surface area (TPSA) is 72.7 Å². The summed E-state index contributed by atoms with van der Waals surface area (Å²) in [6, 6.07) is 8.63. The molecule has 2 aromatic rings. The van der Waals surface area contributed by atoms with Crippen molar-refractivity contribution in [2.75, 3.05) is 14.2 Å². The van der Waals surface area contributed by atoms with Gasteiger partial charge in [0.1, 0.15) is 11.5 Å². The highest BCUT2D eigenvalue weighted by Crippen LogP contribution is 2.29. The molecule has 2 N–H and O–H groups in total. The van der Waals surface area contributed by atoms with E-state index in [1.807, 2.05) is 51.1 Å². The molecule has 130 valence electrons. The lowest BCUT2D eigenvalue weighted by atomic mass is 10.1. The molecule has 6 heteroatoms. The van der Waals surface area contributed by atoms with Crippen molar-refractivity contribution in [2.24, 2.45) is 0 Å². The molecule has 2 amide bonds. The maximum atomic E-state index is 12.2. The molecule has 0 saturated heterocycles. The Hall–Kier alpha value is -2.63. The number of benzene rings is 1. The Morgan fingerprint density at radius 1 is 1.00 bits per heavy atom. The summed E-state index contributed by atoms with van der Waals surface area (Å²) in [5.41, 5.74) is 0.921. The number of amides is 2. The van der Waals surface area contributed by atoms with Gasteiger partial charge in [-0.2, -0.15) is 0 Å². The smallest absolute Gasteiger partial charge is 0.315 e. The molecule has 0 radical (unpaired) electrons. The van der Waals surface area contributed by atoms with Crippen molar-refractivity contribution >= 4 is 6.03 Å². The van der Waals surface area contributed by atoms with E-state index in [-0.39, 0.29) is 18.1 Å². The van der Waals surface area contributed by atoms with Crippen molar-refractivity contribution in [3.63, 3.8) is 0 Å². The van der Waals surface area contributed by atoms with Gasteiger partial charge in [0, 0.05) is 0 Å². The number of rotatable bonds is 6. The van der Waals surface area contributed by atoms with Crippen LogP contribution in [0.4, 0.5) is 4.79 Å². The summed E-state index contributed by atoms with van der Waals surface area (Å²) in [6.07, 6.45) is 0. The number of aryl methyl sites for hydroxylation is 1. The van der Waals surface area contributed by atoms with Gasteiger partial charge in [-0.3, -0.25) is 0 Å². The molecule has 0 aliphatic heterocycles. The molecule has 1 aromatic heterocycles. The fourth-order valence-electron chi connectivity index (χ4n) is 2.40. The lowest BCUT2D eigenvalue weighted by molar-refractivity contribution is 0.233. The number of furan rings is 1. The van der Waals surface area contributed by atoms with E-state index in [1.165, 1.54) is 0 Å². The van der Waals surface area contributed by atoms with E-state index in [9.17, 15) is 4.79 Å². The second kappa shape index (κ2) is 7.77. The second-order valence-corrected chi connectivity index (χ2v) is 5.62. The van der Waals surface area contributed by atoms with E-state index >= 15 is 0 Å². The average molecular weight is 332 g/mol. The number of ether oxygens (including phenoxy) is 2. The molecule has 24 heavy (non-hydrogen) atoms. The van der Waals surface area contributed by atoms with E-state index in [0.29, 0.717) is 11.5 Å². The van der Waals surface area contributed by atoms with Gasteiger partial charge in [0.15, 0.2) is 11.5 Å². The highest BCUT2D eigenvalue weighted by atomic mass is 16.5. The maximum Gasteiger partial charge on any atom is 0.315 e. The highest BCUT2D eigenvalue weighted by Gasteiger charge is 2.16. The predicted molar refractivity (Wildman–Crippen MR) is 91.5 cm³/mol. The molecule has 6 nitrogen and oxygen atoms in total. The van der Waals surface area contributed by atoms with Gasteiger partial charge in [-0.15, -0.1) is 0 Å². The summed E-state index contributed by atoms with van der Waals surface area (Å²) in [5, 5.41) is 5.77. The number of hydrogen-bond acceptors (Lipinski definition) is 4. The third kappa shape index (κ3) is 4.22. The van der Waals surface area contributed by atoms with Crippen LogP contribution in [-0.4, -0.2) is 20.3 Å². The highest BCUT2D eigenvalue weighted by molar-refractivity contribution is 5.74. The van der Waals surface area contributed by atoms with Gasteiger partial charge in [0.25, 0.3) is 0 Å². The van der Waals surface area contributed by atoms with Crippen molar-refractivity contribution in [2.45, 2.75) is 32.9 Å². The lowest BCUT2D eigenvalue weighted by Gasteiger charge is -2.18. The van der Waals surface area contributed by atoms with E-state index in [1.54, 1.807) is 14.2 Å². The molecule has 0 saturated carbocycles. The molecule has 1 aromatic carbocycles. The maximum absolute atomic E-state index is 12.2. The van der Waals surface area contributed by atoms with E-state index in [4.69, 9.17) is 13.9 Å². The van der Waals surface area contributed by atoms with E-state index in [0.717, 1.165) is 17.1 Å². The standard InChI is InChI=1S/C18H24N2O4/c1-11-6-8-15(24-11)13(3)20-18(21)19-12(2)14-7-9-16(22-4)17(10-14)23-5/h6-10,12-13H,1-5H3,(H2,19,20,21). The average Bonchev–Trinajstić information content (AvgIpc) is 3.00. The molecule has 0 spiro atoms. The zero-order valence-corrected chi connectivity index (χ0v) is 14.7. The zero-order chi connectivity index (χ0) is 17.7. The lowest BCUT2D eigenvalue weighted by Crippen LogP contribution is -2.38. The minimum absolute atomic E-state index is 0.185. The number of carbonyl (C=O) groups is 1. The fourth-order valence-corrected chi connectivity index (χ4v) is 2.40. The van der Waals surface area contributed by atoms with Crippen LogP contribution in [0.15, 0.2) is 34.7 Å². The Kier molecular flexibility index (Phi) is 5.73. The molecule has 0 fully saturated rings. The molecule has 1 heterocycles. The Bertz CT molecular complexity index is 696. The van der Waals surface area contributed by atoms with Crippen LogP contribution in [0.3, 0.4) is 0 Å². The van der Waals surface area contributed by atoms with Crippen LogP contribution in [0.1, 0.15) is 43.0 Å². The van der Waals surface area contributed by atoms with Crippen LogP contribution < -0.4 is 20.1 Å². The molecule has 2 atom stereocenters. The van der Waals surface area contributed by atoms with Gasteiger partial charge in [-0.1, -0.05) is 6.07 Å². The summed E-state index contributed by atoms with van der Waals surface area (Å²) in [6.45, 7) is 5.65. The monoisotopic (exact) mass is 332 g/mol. The number of carbonyl (C=O) groups excluding carboxylic acids is 1. The van der Waals surface area contributed by atoms with Crippen molar-refractivity contribution in [1.82, 2.24) is 10.6 Å². The fraction of sp³-hybridized carbons (Fsp3) is 0.389. The van der Waals surface area contributed by atoms with Crippen molar-refractivity contribution in [1.29, 1.82) is 0 Å². The van der Waals surface area contributed by atoms with Crippen LogP contribution in [0.25, 0.3) is 0 Å². The first-order chi connectivity index (χ1) is 11.4. The summed E-state index contributed by atoms with van der Waals surface area (Å²) >= 11 is 0. The molecule has 0 aliphatic carbocycles. The summed E-state index contributed by atoms with van der Waals surface area (Å²) in [5.74, 6) is 2.82.